The lowest BCUT2D eigenvalue weighted by molar-refractivity contribution is 0.0313. The number of ketones is 1. The predicted octanol–water partition coefficient (Wildman–Crippen LogP) is 2.54. The number of hydrogen-bond donors (Lipinski definition) is 1. The van der Waals surface area contributed by atoms with Crippen molar-refractivity contribution in [2.75, 3.05) is 13.1 Å². The molecule has 0 radical (unpaired) electrons. The molecule has 1 fully saturated rings. The number of rotatable bonds is 6. The molecule has 1 atom stereocenters. The third-order valence-corrected chi connectivity index (χ3v) is 6.44. The van der Waals surface area contributed by atoms with Crippen LogP contribution in [0.15, 0.2) is 41.4 Å². The highest BCUT2D eigenvalue weighted by Crippen LogP contribution is 2.22. The molecular formula is C19H22N2O5S. The molecule has 1 aliphatic rings. The minimum atomic E-state index is -3.62. The third kappa shape index (κ3) is 4.12. The molecule has 0 bridgehead atoms. The molecule has 1 aromatic carbocycles. The second-order valence-corrected chi connectivity index (χ2v) is 8.58. The Hall–Kier alpha value is -2.45. The number of carbonyl (C=O) groups excluding carboxylic acids is 2. The van der Waals surface area contributed by atoms with E-state index in [-0.39, 0.29) is 16.4 Å². The van der Waals surface area contributed by atoms with Crippen molar-refractivity contribution in [3.05, 3.63) is 53.3 Å². The number of benzene rings is 1. The van der Waals surface area contributed by atoms with E-state index >= 15 is 0 Å². The van der Waals surface area contributed by atoms with Crippen molar-refractivity contribution < 1.29 is 22.7 Å². The molecule has 1 aromatic heterocycles. The minimum Gasteiger partial charge on any atom is -0.450 e. The number of ether oxygens (including phenoxy) is 1. The van der Waals surface area contributed by atoms with Gasteiger partial charge in [0.1, 0.15) is 10.6 Å². The Morgan fingerprint density at radius 3 is 2.41 bits per heavy atom. The highest BCUT2D eigenvalue weighted by atomic mass is 32.2. The van der Waals surface area contributed by atoms with Crippen molar-refractivity contribution >= 4 is 21.8 Å². The Morgan fingerprint density at radius 1 is 1.15 bits per heavy atom. The van der Waals surface area contributed by atoms with Crippen molar-refractivity contribution in [3.63, 3.8) is 0 Å². The number of hydrogen-bond acceptors (Lipinski definition) is 5. The zero-order valence-corrected chi connectivity index (χ0v) is 16.1. The topological polar surface area (TPSA) is 96.5 Å². The van der Waals surface area contributed by atoms with Gasteiger partial charge in [-0.25, -0.2) is 13.2 Å². The van der Waals surface area contributed by atoms with Crippen LogP contribution in [-0.2, 0) is 14.8 Å². The highest BCUT2D eigenvalue weighted by Gasteiger charge is 2.29. The van der Waals surface area contributed by atoms with E-state index in [1.54, 1.807) is 12.1 Å². The molecule has 2 aromatic rings. The van der Waals surface area contributed by atoms with Crippen LogP contribution in [0.3, 0.4) is 0 Å². The molecule has 1 aliphatic heterocycles. The van der Waals surface area contributed by atoms with Crippen molar-refractivity contribution in [2.45, 2.75) is 37.7 Å². The maximum atomic E-state index is 12.5. The Morgan fingerprint density at radius 2 is 1.78 bits per heavy atom. The average molecular weight is 390 g/mol. The van der Waals surface area contributed by atoms with E-state index in [9.17, 15) is 18.0 Å². The van der Waals surface area contributed by atoms with Gasteiger partial charge in [0.2, 0.25) is 15.8 Å². The van der Waals surface area contributed by atoms with Crippen LogP contribution in [-0.4, -0.2) is 48.7 Å². The van der Waals surface area contributed by atoms with E-state index in [0.29, 0.717) is 18.7 Å². The van der Waals surface area contributed by atoms with Crippen LogP contribution in [0, 0.1) is 6.92 Å². The number of esters is 1. The first kappa shape index (κ1) is 19.3. The first-order chi connectivity index (χ1) is 12.8. The summed E-state index contributed by atoms with van der Waals surface area (Å²) in [4.78, 5) is 27.3. The van der Waals surface area contributed by atoms with Crippen LogP contribution in [0.4, 0.5) is 0 Å². The first-order valence-electron chi connectivity index (χ1n) is 8.79. The zero-order chi connectivity index (χ0) is 19.6. The second-order valence-electron chi connectivity index (χ2n) is 6.64. The summed E-state index contributed by atoms with van der Waals surface area (Å²) < 4.78 is 31.6. The van der Waals surface area contributed by atoms with E-state index in [1.165, 1.54) is 23.5 Å². The molecule has 144 valence electrons. The molecule has 1 saturated heterocycles. The van der Waals surface area contributed by atoms with E-state index in [1.807, 2.05) is 19.1 Å². The maximum absolute atomic E-state index is 12.5. The molecule has 0 spiro atoms. The monoisotopic (exact) mass is 390 g/mol. The number of nitrogens with one attached hydrogen (secondary N) is 1. The van der Waals surface area contributed by atoms with Crippen molar-refractivity contribution in [2.24, 2.45) is 0 Å². The van der Waals surface area contributed by atoms with E-state index in [4.69, 9.17) is 4.74 Å². The molecule has 0 aliphatic carbocycles. The van der Waals surface area contributed by atoms with E-state index < -0.39 is 22.1 Å². The van der Waals surface area contributed by atoms with Gasteiger partial charge in [0.05, 0.1) is 0 Å². The fraction of sp³-hybridized carbons (Fsp3) is 0.368. The molecule has 2 heterocycles. The summed E-state index contributed by atoms with van der Waals surface area (Å²) in [6.45, 7) is 4.37. The molecule has 0 saturated carbocycles. The number of carbonyl (C=O) groups is 2. The van der Waals surface area contributed by atoms with Crippen LogP contribution < -0.4 is 0 Å². The summed E-state index contributed by atoms with van der Waals surface area (Å²) in [6, 6.07) is 8.22. The molecule has 0 amide bonds. The van der Waals surface area contributed by atoms with Crippen molar-refractivity contribution in [3.8, 4) is 0 Å². The van der Waals surface area contributed by atoms with Crippen LogP contribution in [0.1, 0.15) is 46.2 Å². The van der Waals surface area contributed by atoms with Gasteiger partial charge < -0.3 is 9.72 Å². The third-order valence-electron chi connectivity index (χ3n) is 4.57. The fourth-order valence-corrected chi connectivity index (χ4v) is 4.46. The minimum absolute atomic E-state index is 0.00340. The SMILES string of the molecule is Cc1ccc(C(=O)[C@H](C)OC(=O)c2cc(S(=O)(=O)N3CCCC3)c[nH]2)cc1. The number of aromatic nitrogens is 1. The molecule has 8 heteroatoms. The van der Waals surface area contributed by atoms with Gasteiger partial charge in [-0.2, -0.15) is 4.31 Å². The Balaban J connectivity index is 1.68. The molecule has 1 N–H and O–H groups in total. The highest BCUT2D eigenvalue weighted by molar-refractivity contribution is 7.89. The van der Waals surface area contributed by atoms with Gasteiger partial charge >= 0.3 is 5.97 Å². The lowest BCUT2D eigenvalue weighted by atomic mass is 10.1. The maximum Gasteiger partial charge on any atom is 0.355 e. The number of aromatic amines is 1. The summed E-state index contributed by atoms with van der Waals surface area (Å²) in [5, 5.41) is 0. The van der Waals surface area contributed by atoms with Gasteiger partial charge in [-0.05, 0) is 32.8 Å². The first-order valence-corrected chi connectivity index (χ1v) is 10.2. The summed E-state index contributed by atoms with van der Waals surface area (Å²) in [7, 11) is -3.62. The van der Waals surface area contributed by atoms with Gasteiger partial charge in [0.15, 0.2) is 6.10 Å². The van der Waals surface area contributed by atoms with Crippen LogP contribution in [0.5, 0.6) is 0 Å². The van der Waals surface area contributed by atoms with Crippen LogP contribution in [0.25, 0.3) is 0 Å². The van der Waals surface area contributed by atoms with E-state index in [0.717, 1.165) is 18.4 Å². The smallest absolute Gasteiger partial charge is 0.355 e. The number of nitrogens with zero attached hydrogens (tertiary/aromatic N) is 1. The Labute approximate surface area is 158 Å². The van der Waals surface area contributed by atoms with Gasteiger partial charge in [-0.1, -0.05) is 29.8 Å². The Bertz CT molecular complexity index is 941. The predicted molar refractivity (Wildman–Crippen MR) is 99.2 cm³/mol. The van der Waals surface area contributed by atoms with Crippen molar-refractivity contribution in [1.82, 2.24) is 9.29 Å². The fourth-order valence-electron chi connectivity index (χ4n) is 2.95. The molecule has 7 nitrogen and oxygen atoms in total. The molecule has 0 unspecified atom stereocenters. The molecular weight excluding hydrogens is 368 g/mol. The summed E-state index contributed by atoms with van der Waals surface area (Å²) in [5.41, 5.74) is 1.47. The molecule has 3 rings (SSSR count). The molecule has 27 heavy (non-hydrogen) atoms. The Kier molecular flexibility index (Phi) is 5.48. The number of sulfonamides is 1. The normalized spacial score (nSPS) is 16.2. The summed E-state index contributed by atoms with van der Waals surface area (Å²) in [6.07, 6.45) is 1.95. The van der Waals surface area contributed by atoms with Crippen LogP contribution in [0.2, 0.25) is 0 Å². The van der Waals surface area contributed by atoms with Crippen LogP contribution >= 0.6 is 0 Å². The standard InChI is InChI=1S/C19H22N2O5S/c1-13-5-7-15(8-6-13)18(22)14(2)26-19(23)17-11-16(12-20-17)27(24,25)21-9-3-4-10-21/h5-8,11-12,14,20H,3-4,9-10H2,1-2H3/t14-/m0/s1. The summed E-state index contributed by atoms with van der Waals surface area (Å²) >= 11 is 0. The average Bonchev–Trinajstić information content (AvgIpc) is 3.34. The number of Topliss-reactive ketones (excluding diaryl/α,β-unsaturated/α-hetero) is 1. The quantitative estimate of drug-likeness (QED) is 0.604. The van der Waals surface area contributed by atoms with E-state index in [2.05, 4.69) is 4.98 Å². The lowest BCUT2D eigenvalue weighted by Crippen LogP contribution is -2.27. The van der Waals surface area contributed by atoms with Gasteiger partial charge in [-0.15, -0.1) is 0 Å². The number of H-pyrrole nitrogens is 1. The number of aryl methyl sites for hydroxylation is 1. The second kappa shape index (κ2) is 7.66. The van der Waals surface area contributed by atoms with Gasteiger partial charge in [-0.3, -0.25) is 4.79 Å². The summed E-state index contributed by atoms with van der Waals surface area (Å²) in [5.74, 6) is -1.09. The lowest BCUT2D eigenvalue weighted by Gasteiger charge is -2.13. The zero-order valence-electron chi connectivity index (χ0n) is 15.3. The van der Waals surface area contributed by atoms with Gasteiger partial charge in [0.25, 0.3) is 0 Å². The van der Waals surface area contributed by atoms with Gasteiger partial charge in [0, 0.05) is 24.8 Å². The largest absolute Gasteiger partial charge is 0.450 e. The van der Waals surface area contributed by atoms with Crippen molar-refractivity contribution in [1.29, 1.82) is 0 Å².